The second-order valence-electron chi connectivity index (χ2n) is 10.4. The lowest BCUT2D eigenvalue weighted by Crippen LogP contribution is -2.46. The molecule has 5 aromatic rings. The van der Waals surface area contributed by atoms with Crippen LogP contribution < -0.4 is 10.6 Å². The number of carbonyl (C=O) groups excluding carboxylic acids is 1. The lowest BCUT2D eigenvalue weighted by molar-refractivity contribution is 0.0978. The zero-order chi connectivity index (χ0) is 26.6. The predicted molar refractivity (Wildman–Crippen MR) is 158 cm³/mol. The molecule has 1 aliphatic rings. The van der Waals surface area contributed by atoms with E-state index in [-0.39, 0.29) is 11.5 Å². The Bertz CT molecular complexity index is 1630. The number of para-hydroxylation sites is 1. The first-order valence-electron chi connectivity index (χ1n) is 13.9. The van der Waals surface area contributed by atoms with Crippen LogP contribution in [0, 0.1) is 0 Å². The van der Waals surface area contributed by atoms with Gasteiger partial charge in [-0.15, -0.1) is 0 Å². The molecule has 0 radical (unpaired) electrons. The van der Waals surface area contributed by atoms with Gasteiger partial charge in [-0.1, -0.05) is 60.7 Å². The lowest BCUT2D eigenvalue weighted by Gasteiger charge is -2.36. The van der Waals surface area contributed by atoms with Gasteiger partial charge < -0.3 is 4.90 Å². The summed E-state index contributed by atoms with van der Waals surface area (Å²) in [4.78, 5) is 31.5. The third-order valence-electron chi connectivity index (χ3n) is 7.88. The zero-order valence-electron chi connectivity index (χ0n) is 22.2. The summed E-state index contributed by atoms with van der Waals surface area (Å²) in [6.07, 6.45) is 4.20. The van der Waals surface area contributed by atoms with E-state index in [1.165, 1.54) is 5.69 Å². The molecule has 1 fully saturated rings. The number of nitrogens with zero attached hydrogens (tertiary/aromatic N) is 4. The van der Waals surface area contributed by atoms with Crippen molar-refractivity contribution in [2.24, 2.45) is 0 Å². The highest BCUT2D eigenvalue weighted by atomic mass is 16.1. The molecule has 198 valence electrons. The van der Waals surface area contributed by atoms with Crippen molar-refractivity contribution in [2.75, 3.05) is 37.6 Å². The standard InChI is InChI=1S/C33H34N4O2/c38-32(15-7-8-18-34-20-22-35(23-21-34)28-12-5-2-6-13-28)27-16-17-29-30-14-9-19-36(30)33(39)37(31(29)24-27)25-26-10-3-1-4-11-26/h1-6,9-14,16-17,19,24H,7-8,15,18,20-23,25H2. The Morgan fingerprint density at radius 3 is 2.26 bits per heavy atom. The van der Waals surface area contributed by atoms with Crippen molar-refractivity contribution < 1.29 is 4.79 Å². The Morgan fingerprint density at radius 1 is 0.744 bits per heavy atom. The van der Waals surface area contributed by atoms with Crippen molar-refractivity contribution in [1.82, 2.24) is 13.9 Å². The second kappa shape index (κ2) is 11.3. The molecule has 0 spiro atoms. The Morgan fingerprint density at radius 2 is 1.49 bits per heavy atom. The Labute approximate surface area is 228 Å². The van der Waals surface area contributed by atoms with Crippen LogP contribution in [0.15, 0.2) is 102 Å². The number of carbonyl (C=O) groups is 1. The summed E-state index contributed by atoms with van der Waals surface area (Å²) in [5.41, 5.74) is 4.60. The van der Waals surface area contributed by atoms with Crippen molar-refractivity contribution in [3.8, 4) is 0 Å². The fraction of sp³-hybridized carbons (Fsp3) is 0.273. The van der Waals surface area contributed by atoms with E-state index in [0.717, 1.165) is 67.5 Å². The SMILES string of the molecule is O=C(CCCCN1CCN(c2ccccc2)CC1)c1ccc2c(c1)n(Cc1ccccc1)c(=O)n1cccc21. The number of aromatic nitrogens is 2. The van der Waals surface area contributed by atoms with Crippen LogP contribution in [0.5, 0.6) is 0 Å². The van der Waals surface area contributed by atoms with Gasteiger partial charge >= 0.3 is 5.69 Å². The summed E-state index contributed by atoms with van der Waals surface area (Å²) in [5.74, 6) is 0.139. The first-order chi connectivity index (χ1) is 19.2. The minimum Gasteiger partial charge on any atom is -0.369 e. The van der Waals surface area contributed by atoms with Gasteiger partial charge in [-0.25, -0.2) is 4.79 Å². The van der Waals surface area contributed by atoms with Gasteiger partial charge in [0.05, 0.1) is 17.6 Å². The number of fused-ring (bicyclic) bond motifs is 3. The summed E-state index contributed by atoms with van der Waals surface area (Å²) < 4.78 is 3.47. The highest BCUT2D eigenvalue weighted by Gasteiger charge is 2.17. The normalized spacial score (nSPS) is 14.3. The number of benzene rings is 3. The van der Waals surface area contributed by atoms with E-state index in [9.17, 15) is 9.59 Å². The van der Waals surface area contributed by atoms with E-state index < -0.39 is 0 Å². The average Bonchev–Trinajstić information content (AvgIpc) is 3.49. The first-order valence-corrected chi connectivity index (χ1v) is 13.9. The quantitative estimate of drug-likeness (QED) is 0.192. The number of anilines is 1. The molecule has 6 heteroatoms. The van der Waals surface area contributed by atoms with E-state index in [1.807, 2.05) is 60.7 Å². The summed E-state index contributed by atoms with van der Waals surface area (Å²) >= 11 is 0. The van der Waals surface area contributed by atoms with Crippen molar-refractivity contribution in [3.05, 3.63) is 119 Å². The molecule has 2 aromatic heterocycles. The van der Waals surface area contributed by atoms with Gasteiger partial charge in [-0.2, -0.15) is 0 Å². The van der Waals surface area contributed by atoms with Crippen LogP contribution in [0.1, 0.15) is 35.2 Å². The molecule has 6 nitrogen and oxygen atoms in total. The Kier molecular flexibility index (Phi) is 7.28. The van der Waals surface area contributed by atoms with E-state index in [2.05, 4.69) is 40.1 Å². The zero-order valence-corrected chi connectivity index (χ0v) is 22.2. The average molecular weight is 519 g/mol. The van der Waals surface area contributed by atoms with Gasteiger partial charge in [-0.3, -0.25) is 18.7 Å². The largest absolute Gasteiger partial charge is 0.369 e. The predicted octanol–water partition coefficient (Wildman–Crippen LogP) is 5.48. The summed E-state index contributed by atoms with van der Waals surface area (Å²) in [6.45, 7) is 5.68. The number of Topliss-reactive ketones (excluding diaryl/α,β-unsaturated/α-hetero) is 1. The van der Waals surface area contributed by atoms with E-state index in [0.29, 0.717) is 18.5 Å². The van der Waals surface area contributed by atoms with Crippen LogP contribution >= 0.6 is 0 Å². The maximum atomic E-state index is 13.4. The molecule has 0 unspecified atom stereocenters. The maximum Gasteiger partial charge on any atom is 0.333 e. The monoisotopic (exact) mass is 518 g/mol. The molecule has 0 saturated carbocycles. The molecule has 0 N–H and O–H groups in total. The van der Waals surface area contributed by atoms with Crippen molar-refractivity contribution in [3.63, 3.8) is 0 Å². The smallest absolute Gasteiger partial charge is 0.333 e. The molecular weight excluding hydrogens is 484 g/mol. The molecule has 0 bridgehead atoms. The molecule has 6 rings (SSSR count). The van der Waals surface area contributed by atoms with Gasteiger partial charge in [-0.05, 0) is 55.3 Å². The van der Waals surface area contributed by atoms with Gasteiger partial charge in [0.1, 0.15) is 0 Å². The number of hydrogen-bond acceptors (Lipinski definition) is 4. The minimum atomic E-state index is -0.0942. The summed E-state index contributed by atoms with van der Waals surface area (Å²) in [7, 11) is 0. The number of piperazine rings is 1. The molecule has 1 saturated heterocycles. The number of hydrogen-bond donors (Lipinski definition) is 0. The topological polar surface area (TPSA) is 50.0 Å². The van der Waals surface area contributed by atoms with Crippen LogP contribution in [-0.2, 0) is 6.54 Å². The molecule has 0 amide bonds. The van der Waals surface area contributed by atoms with Crippen molar-refractivity contribution >= 4 is 27.9 Å². The maximum absolute atomic E-state index is 13.4. The molecule has 3 aromatic carbocycles. The lowest BCUT2D eigenvalue weighted by atomic mass is 10.0. The molecule has 0 aliphatic carbocycles. The van der Waals surface area contributed by atoms with E-state index in [4.69, 9.17) is 0 Å². The molecule has 39 heavy (non-hydrogen) atoms. The summed E-state index contributed by atoms with van der Waals surface area (Å²) in [6, 6.07) is 30.3. The highest BCUT2D eigenvalue weighted by Crippen LogP contribution is 2.23. The fourth-order valence-electron chi connectivity index (χ4n) is 5.70. The van der Waals surface area contributed by atoms with Crippen LogP contribution in [0.2, 0.25) is 0 Å². The van der Waals surface area contributed by atoms with Crippen molar-refractivity contribution in [1.29, 1.82) is 0 Å². The number of ketones is 1. The van der Waals surface area contributed by atoms with E-state index >= 15 is 0 Å². The Hall–Kier alpha value is -4.16. The van der Waals surface area contributed by atoms with Crippen LogP contribution in [0.25, 0.3) is 16.4 Å². The number of rotatable bonds is 9. The van der Waals surface area contributed by atoms with Gasteiger partial charge in [0.15, 0.2) is 5.78 Å². The third kappa shape index (κ3) is 5.38. The van der Waals surface area contributed by atoms with Crippen LogP contribution in [-0.4, -0.2) is 52.4 Å². The first kappa shape index (κ1) is 25.1. The summed E-state index contributed by atoms with van der Waals surface area (Å²) in [5, 5.41) is 0.974. The van der Waals surface area contributed by atoms with E-state index in [1.54, 1.807) is 15.2 Å². The third-order valence-corrected chi connectivity index (χ3v) is 7.88. The number of unbranched alkanes of at least 4 members (excludes halogenated alkanes) is 1. The molecule has 3 heterocycles. The minimum absolute atomic E-state index is 0.0942. The van der Waals surface area contributed by atoms with Gasteiger partial charge in [0.25, 0.3) is 0 Å². The fourth-order valence-corrected chi connectivity index (χ4v) is 5.70. The second-order valence-corrected chi connectivity index (χ2v) is 10.4. The van der Waals surface area contributed by atoms with Crippen LogP contribution in [0.4, 0.5) is 5.69 Å². The van der Waals surface area contributed by atoms with Gasteiger partial charge in [0.2, 0.25) is 0 Å². The molecular formula is C33H34N4O2. The van der Waals surface area contributed by atoms with Gasteiger partial charge in [0, 0.05) is 55.4 Å². The molecule has 1 aliphatic heterocycles. The molecule has 0 atom stereocenters. The van der Waals surface area contributed by atoms with Crippen molar-refractivity contribution in [2.45, 2.75) is 25.8 Å². The Balaban J connectivity index is 1.11. The van der Waals surface area contributed by atoms with Crippen LogP contribution in [0.3, 0.4) is 0 Å². The highest BCUT2D eigenvalue weighted by molar-refractivity contribution is 6.02.